The maximum Gasteiger partial charge on any atom is 0.147 e. The molecular formula is C22H26BrO2S+. The van der Waals surface area contributed by atoms with Crippen molar-refractivity contribution in [3.63, 3.8) is 0 Å². The van der Waals surface area contributed by atoms with Crippen LogP contribution >= 0.6 is 15.9 Å². The van der Waals surface area contributed by atoms with Crippen molar-refractivity contribution in [2.45, 2.75) is 48.8 Å². The number of hydrogen-bond donors (Lipinski definition) is 0. The first-order valence-electron chi connectivity index (χ1n) is 9.40. The minimum Gasteiger partial charge on any atom is -0.366 e. The van der Waals surface area contributed by atoms with Gasteiger partial charge in [0.05, 0.1) is 18.5 Å². The Bertz CT molecular complexity index is 681. The molecule has 2 saturated heterocycles. The lowest BCUT2D eigenvalue weighted by Gasteiger charge is -2.21. The quantitative estimate of drug-likeness (QED) is 0.464. The third kappa shape index (κ3) is 4.19. The summed E-state index contributed by atoms with van der Waals surface area (Å²) in [6, 6.07) is 21.0. The largest absolute Gasteiger partial charge is 0.366 e. The van der Waals surface area contributed by atoms with Crippen LogP contribution < -0.4 is 0 Å². The second-order valence-electron chi connectivity index (χ2n) is 7.12. The van der Waals surface area contributed by atoms with Gasteiger partial charge in [-0.2, -0.15) is 0 Å². The van der Waals surface area contributed by atoms with E-state index < -0.39 is 0 Å². The van der Waals surface area contributed by atoms with E-state index in [1.807, 2.05) is 0 Å². The Balaban J connectivity index is 1.43. The number of halogens is 1. The summed E-state index contributed by atoms with van der Waals surface area (Å²) in [6.07, 6.45) is 3.06. The molecule has 0 radical (unpaired) electrons. The van der Waals surface area contributed by atoms with Gasteiger partial charge < -0.3 is 9.47 Å². The molecule has 0 N–H and O–H groups in total. The van der Waals surface area contributed by atoms with Crippen LogP contribution in [0, 0.1) is 0 Å². The highest BCUT2D eigenvalue weighted by Crippen LogP contribution is 2.41. The molecule has 0 amide bonds. The number of ether oxygens (including phenoxy) is 2. The molecule has 4 rings (SSSR count). The van der Waals surface area contributed by atoms with E-state index >= 15 is 0 Å². The Morgan fingerprint density at radius 2 is 1.46 bits per heavy atom. The third-order valence-electron chi connectivity index (χ3n) is 5.44. The zero-order valence-electron chi connectivity index (χ0n) is 14.9. The maximum absolute atomic E-state index is 6.46. The second kappa shape index (κ2) is 8.92. The van der Waals surface area contributed by atoms with Crippen LogP contribution in [0.4, 0.5) is 0 Å². The van der Waals surface area contributed by atoms with E-state index in [9.17, 15) is 0 Å². The zero-order valence-corrected chi connectivity index (χ0v) is 17.3. The Morgan fingerprint density at radius 1 is 0.846 bits per heavy atom. The molecule has 0 saturated carbocycles. The summed E-state index contributed by atoms with van der Waals surface area (Å²) in [5.41, 5.74) is 2.49. The van der Waals surface area contributed by atoms with E-state index in [2.05, 4.69) is 76.6 Å². The molecule has 2 aliphatic heterocycles. The predicted octanol–water partition coefficient (Wildman–Crippen LogP) is 4.72. The molecule has 2 aromatic rings. The van der Waals surface area contributed by atoms with Crippen molar-refractivity contribution in [1.82, 2.24) is 0 Å². The van der Waals surface area contributed by atoms with Gasteiger partial charge in [-0.15, -0.1) is 0 Å². The lowest BCUT2D eigenvalue weighted by Crippen LogP contribution is -2.34. The monoisotopic (exact) mass is 433 g/mol. The van der Waals surface area contributed by atoms with Gasteiger partial charge in [0.2, 0.25) is 0 Å². The summed E-state index contributed by atoms with van der Waals surface area (Å²) < 4.78 is 12.8. The predicted molar refractivity (Wildman–Crippen MR) is 113 cm³/mol. The average Bonchev–Trinajstić information content (AvgIpc) is 3.25. The standard InChI is InChI=1S/C22H26BrO2S/c23-13-19-11-12-21-22(25-15-18-9-5-2-6-10-18)20(16-26(19)21)24-14-17-7-3-1-4-8-17/h1-10,19-22H,11-16H2/q+1/t19-,20-,21-,22+,26?/m1/s1. The molecule has 0 spiro atoms. The molecule has 0 aromatic heterocycles. The summed E-state index contributed by atoms with van der Waals surface area (Å²) in [6.45, 7) is 1.36. The van der Waals surface area contributed by atoms with E-state index in [-0.39, 0.29) is 12.2 Å². The molecule has 0 aliphatic carbocycles. The number of fused-ring (bicyclic) bond motifs is 1. The molecule has 4 heteroatoms. The van der Waals surface area contributed by atoms with E-state index in [0.717, 1.165) is 16.3 Å². The van der Waals surface area contributed by atoms with Gasteiger partial charge in [-0.25, -0.2) is 0 Å². The van der Waals surface area contributed by atoms with Crippen LogP contribution in [0.2, 0.25) is 0 Å². The Hall–Kier alpha value is -0.810. The third-order valence-corrected chi connectivity index (χ3v) is 9.91. The average molecular weight is 434 g/mol. The minimum atomic E-state index is 0.217. The van der Waals surface area contributed by atoms with E-state index in [1.54, 1.807) is 0 Å². The fraction of sp³-hybridized carbons (Fsp3) is 0.455. The number of benzene rings is 2. The second-order valence-corrected chi connectivity index (χ2v) is 10.3. The summed E-state index contributed by atoms with van der Waals surface area (Å²) in [4.78, 5) is 0. The van der Waals surface area contributed by atoms with Gasteiger partial charge in [-0.3, -0.25) is 0 Å². The van der Waals surface area contributed by atoms with Crippen LogP contribution in [0.3, 0.4) is 0 Å². The fourth-order valence-corrected chi connectivity index (χ4v) is 8.74. The number of hydrogen-bond acceptors (Lipinski definition) is 2. The Morgan fingerprint density at radius 3 is 2.08 bits per heavy atom. The highest BCUT2D eigenvalue weighted by atomic mass is 79.9. The summed E-state index contributed by atoms with van der Waals surface area (Å²) >= 11 is 3.73. The first kappa shape index (κ1) is 18.5. The molecule has 2 heterocycles. The molecule has 2 fully saturated rings. The van der Waals surface area contributed by atoms with Gasteiger partial charge in [0, 0.05) is 12.8 Å². The number of alkyl halides is 1. The van der Waals surface area contributed by atoms with Crippen LogP contribution in [0.5, 0.6) is 0 Å². The summed E-state index contributed by atoms with van der Waals surface area (Å²) in [7, 11) is 0.422. The zero-order chi connectivity index (χ0) is 17.8. The van der Waals surface area contributed by atoms with Crippen LogP contribution in [-0.4, -0.2) is 33.8 Å². The Labute approximate surface area is 167 Å². The normalized spacial score (nSPS) is 30.4. The van der Waals surface area contributed by atoms with Crippen molar-refractivity contribution in [3.8, 4) is 0 Å². The van der Waals surface area contributed by atoms with Crippen LogP contribution in [-0.2, 0) is 33.6 Å². The Kier molecular flexibility index (Phi) is 6.36. The van der Waals surface area contributed by atoms with Crippen LogP contribution in [0.25, 0.3) is 0 Å². The lowest BCUT2D eigenvalue weighted by atomic mass is 10.1. The molecule has 2 nitrogen and oxygen atoms in total. The van der Waals surface area contributed by atoms with Gasteiger partial charge in [-0.05, 0) is 22.0 Å². The first-order valence-corrected chi connectivity index (χ1v) is 12.0. The van der Waals surface area contributed by atoms with Crippen molar-refractivity contribution in [2.24, 2.45) is 0 Å². The van der Waals surface area contributed by atoms with E-state index in [0.29, 0.717) is 29.4 Å². The van der Waals surface area contributed by atoms with Crippen molar-refractivity contribution in [1.29, 1.82) is 0 Å². The van der Waals surface area contributed by atoms with Gasteiger partial charge >= 0.3 is 0 Å². The lowest BCUT2D eigenvalue weighted by molar-refractivity contribution is -0.0698. The van der Waals surface area contributed by atoms with Crippen LogP contribution in [0.1, 0.15) is 24.0 Å². The molecule has 1 unspecified atom stereocenters. The molecule has 2 aliphatic rings. The van der Waals surface area contributed by atoms with E-state index in [1.165, 1.54) is 24.0 Å². The molecule has 138 valence electrons. The molecular weight excluding hydrogens is 408 g/mol. The summed E-state index contributed by atoms with van der Waals surface area (Å²) in [5, 5.41) is 2.58. The van der Waals surface area contributed by atoms with E-state index in [4.69, 9.17) is 9.47 Å². The van der Waals surface area contributed by atoms with Crippen molar-refractivity contribution in [3.05, 3.63) is 71.8 Å². The molecule has 26 heavy (non-hydrogen) atoms. The van der Waals surface area contributed by atoms with Crippen molar-refractivity contribution in [2.75, 3.05) is 11.1 Å². The van der Waals surface area contributed by atoms with Crippen LogP contribution in [0.15, 0.2) is 60.7 Å². The number of rotatable bonds is 7. The smallest absolute Gasteiger partial charge is 0.147 e. The highest BCUT2D eigenvalue weighted by Gasteiger charge is 2.58. The summed E-state index contributed by atoms with van der Waals surface area (Å²) in [5.74, 6) is 1.16. The maximum atomic E-state index is 6.46. The minimum absolute atomic E-state index is 0.217. The molecule has 5 atom stereocenters. The van der Waals surface area contributed by atoms with Gasteiger partial charge in [0.15, 0.2) is 0 Å². The molecule has 2 aromatic carbocycles. The van der Waals surface area contributed by atoms with Crippen molar-refractivity contribution >= 4 is 26.8 Å². The molecule has 0 bridgehead atoms. The van der Waals surface area contributed by atoms with Gasteiger partial charge in [0.25, 0.3) is 0 Å². The van der Waals surface area contributed by atoms with Gasteiger partial charge in [0.1, 0.15) is 28.5 Å². The van der Waals surface area contributed by atoms with Crippen molar-refractivity contribution < 1.29 is 9.47 Å². The topological polar surface area (TPSA) is 18.5 Å². The SMILES string of the molecule is BrC[C@H]1CC[C@@H]2[C@@H](OCc3ccccc3)[C@H](OCc3ccccc3)C[S+]12. The van der Waals surface area contributed by atoms with Gasteiger partial charge in [-0.1, -0.05) is 76.6 Å². The first-order chi connectivity index (χ1) is 12.8. The fourth-order valence-electron chi connectivity index (χ4n) is 4.08. The highest BCUT2D eigenvalue weighted by molar-refractivity contribution is 9.09.